The molecule has 0 bridgehead atoms. The quantitative estimate of drug-likeness (QED) is 0.607. The minimum atomic E-state index is -0.451. The molecule has 4 aromatic rings. The van der Waals surface area contributed by atoms with Crippen molar-refractivity contribution in [2.24, 2.45) is 7.05 Å². The molecular weight excluding hydrogens is 314 g/mol. The molecule has 7 nitrogen and oxygen atoms in total. The molecule has 0 fully saturated rings. The Balaban J connectivity index is 2.09. The second-order valence-electron chi connectivity index (χ2n) is 5.16. The predicted molar refractivity (Wildman–Crippen MR) is 89.9 cm³/mol. The van der Waals surface area contributed by atoms with Gasteiger partial charge in [0.25, 0.3) is 5.56 Å². The number of hydrogen-bond acceptors (Lipinski definition) is 5. The summed E-state index contributed by atoms with van der Waals surface area (Å²) in [6, 6.07) is 7.83. The van der Waals surface area contributed by atoms with Gasteiger partial charge in [0, 0.05) is 13.6 Å². The van der Waals surface area contributed by atoms with Crippen molar-refractivity contribution in [1.29, 1.82) is 0 Å². The van der Waals surface area contributed by atoms with Crippen molar-refractivity contribution in [3.05, 3.63) is 45.1 Å². The molecular formula is C15H13N5O2S. The van der Waals surface area contributed by atoms with Crippen LogP contribution in [-0.4, -0.2) is 24.1 Å². The first-order valence-corrected chi connectivity index (χ1v) is 7.97. The van der Waals surface area contributed by atoms with E-state index in [4.69, 9.17) is 0 Å². The fourth-order valence-corrected chi connectivity index (χ4v) is 3.57. The van der Waals surface area contributed by atoms with E-state index in [1.807, 2.05) is 35.8 Å². The number of hydrogen-bond donors (Lipinski definition) is 1. The summed E-state index contributed by atoms with van der Waals surface area (Å²) in [5.41, 5.74) is 0.730. The molecule has 0 unspecified atom stereocenters. The van der Waals surface area contributed by atoms with Gasteiger partial charge in [0.1, 0.15) is 5.65 Å². The smallest absolute Gasteiger partial charge is 0.308 e. The zero-order valence-corrected chi connectivity index (χ0v) is 13.3. The number of nitrogens with zero attached hydrogens (tertiary/aromatic N) is 4. The number of aromatic nitrogens is 5. The molecule has 0 atom stereocenters. The Morgan fingerprint density at radius 2 is 2.00 bits per heavy atom. The average Bonchev–Trinajstić information content (AvgIpc) is 3.13. The first kappa shape index (κ1) is 13.9. The second kappa shape index (κ2) is 4.88. The van der Waals surface area contributed by atoms with Gasteiger partial charge in [-0.15, -0.1) is 11.3 Å². The maximum atomic E-state index is 12.3. The molecule has 0 spiro atoms. The monoisotopic (exact) mass is 327 g/mol. The SMILES string of the molecule is CCn1c(-c2nc3ccccc3s2)nc2c(=O)n(C)c(=O)[nH]c21. The van der Waals surface area contributed by atoms with Crippen LogP contribution in [-0.2, 0) is 13.6 Å². The standard InChI is InChI=1S/C15H13N5O2S/c1-3-20-11-10(14(21)19(2)15(22)18-11)17-12(20)13-16-8-6-4-5-7-9(8)23-13/h4-7H,3H2,1-2H3,(H,18,22). The van der Waals surface area contributed by atoms with E-state index in [1.54, 1.807) is 0 Å². The lowest BCUT2D eigenvalue weighted by molar-refractivity contribution is 0.758. The average molecular weight is 327 g/mol. The Bertz CT molecular complexity index is 1130. The van der Waals surface area contributed by atoms with Crippen LogP contribution in [0.2, 0.25) is 0 Å². The highest BCUT2D eigenvalue weighted by molar-refractivity contribution is 7.21. The molecule has 1 aromatic carbocycles. The Kier molecular flexibility index (Phi) is 2.95. The Morgan fingerprint density at radius 1 is 1.22 bits per heavy atom. The number of benzene rings is 1. The summed E-state index contributed by atoms with van der Waals surface area (Å²) in [4.78, 5) is 35.9. The molecule has 3 aromatic heterocycles. The number of para-hydroxylation sites is 1. The zero-order valence-electron chi connectivity index (χ0n) is 12.5. The maximum absolute atomic E-state index is 12.3. The van der Waals surface area contributed by atoms with E-state index in [9.17, 15) is 9.59 Å². The third-order valence-electron chi connectivity index (χ3n) is 3.81. The summed E-state index contributed by atoms with van der Waals surface area (Å²) in [5.74, 6) is 0.600. The Hall–Kier alpha value is -2.74. The lowest BCUT2D eigenvalue weighted by atomic mass is 10.3. The van der Waals surface area contributed by atoms with E-state index >= 15 is 0 Å². The first-order valence-electron chi connectivity index (χ1n) is 7.15. The van der Waals surface area contributed by atoms with Gasteiger partial charge in [0.2, 0.25) is 0 Å². The summed E-state index contributed by atoms with van der Waals surface area (Å²) in [7, 11) is 1.43. The van der Waals surface area contributed by atoms with Gasteiger partial charge in [-0.3, -0.25) is 14.3 Å². The lowest BCUT2D eigenvalue weighted by Gasteiger charge is -2.03. The van der Waals surface area contributed by atoms with Crippen LogP contribution in [0.25, 0.3) is 32.2 Å². The molecule has 23 heavy (non-hydrogen) atoms. The van der Waals surface area contributed by atoms with Crippen molar-refractivity contribution in [3.8, 4) is 10.8 Å². The molecule has 3 heterocycles. The lowest BCUT2D eigenvalue weighted by Crippen LogP contribution is -2.32. The van der Waals surface area contributed by atoms with Gasteiger partial charge in [-0.2, -0.15) is 0 Å². The molecule has 0 aliphatic rings. The fraction of sp³-hybridized carbons (Fsp3) is 0.200. The molecule has 0 aliphatic heterocycles. The van der Waals surface area contributed by atoms with E-state index in [-0.39, 0.29) is 5.52 Å². The van der Waals surface area contributed by atoms with Crippen LogP contribution in [0.4, 0.5) is 0 Å². The number of imidazole rings is 1. The highest BCUT2D eigenvalue weighted by Crippen LogP contribution is 2.30. The van der Waals surface area contributed by atoms with Gasteiger partial charge >= 0.3 is 5.69 Å². The van der Waals surface area contributed by atoms with Gasteiger partial charge in [0.15, 0.2) is 16.3 Å². The van der Waals surface area contributed by atoms with Crippen molar-refractivity contribution in [2.75, 3.05) is 0 Å². The fourth-order valence-electron chi connectivity index (χ4n) is 2.60. The maximum Gasteiger partial charge on any atom is 0.329 e. The summed E-state index contributed by atoms with van der Waals surface area (Å²) in [5, 5.41) is 0.729. The Labute approximate surface area is 133 Å². The minimum Gasteiger partial charge on any atom is -0.308 e. The second-order valence-corrected chi connectivity index (χ2v) is 6.19. The molecule has 116 valence electrons. The first-order chi connectivity index (χ1) is 11.1. The number of aryl methyl sites for hydroxylation is 1. The van der Waals surface area contributed by atoms with Crippen molar-refractivity contribution < 1.29 is 0 Å². The summed E-state index contributed by atoms with van der Waals surface area (Å²) < 4.78 is 3.89. The van der Waals surface area contributed by atoms with Gasteiger partial charge in [-0.25, -0.2) is 14.8 Å². The van der Waals surface area contributed by atoms with Gasteiger partial charge in [-0.05, 0) is 19.1 Å². The van der Waals surface area contributed by atoms with Crippen LogP contribution in [0.5, 0.6) is 0 Å². The van der Waals surface area contributed by atoms with Crippen LogP contribution in [0.3, 0.4) is 0 Å². The molecule has 8 heteroatoms. The molecule has 4 rings (SSSR count). The minimum absolute atomic E-state index is 0.253. The van der Waals surface area contributed by atoms with Crippen LogP contribution in [0.15, 0.2) is 33.9 Å². The van der Waals surface area contributed by atoms with Crippen LogP contribution in [0, 0.1) is 0 Å². The van der Waals surface area contributed by atoms with E-state index in [0.717, 1.165) is 19.8 Å². The van der Waals surface area contributed by atoms with Crippen molar-refractivity contribution in [1.82, 2.24) is 24.1 Å². The number of thiazole rings is 1. The van der Waals surface area contributed by atoms with E-state index in [1.165, 1.54) is 18.4 Å². The van der Waals surface area contributed by atoms with E-state index in [0.29, 0.717) is 18.0 Å². The van der Waals surface area contributed by atoms with E-state index < -0.39 is 11.2 Å². The predicted octanol–water partition coefficient (Wildman–Crippen LogP) is 1.72. The molecule has 0 aliphatic carbocycles. The summed E-state index contributed by atoms with van der Waals surface area (Å²) in [6.45, 7) is 2.51. The van der Waals surface area contributed by atoms with Crippen molar-refractivity contribution in [3.63, 3.8) is 0 Å². The van der Waals surface area contributed by atoms with Gasteiger partial charge < -0.3 is 4.57 Å². The van der Waals surface area contributed by atoms with Gasteiger partial charge in [-0.1, -0.05) is 12.1 Å². The number of nitrogens with one attached hydrogen (secondary N) is 1. The highest BCUT2D eigenvalue weighted by Gasteiger charge is 2.19. The Morgan fingerprint density at radius 3 is 2.74 bits per heavy atom. The molecule has 1 N–H and O–H groups in total. The van der Waals surface area contributed by atoms with Crippen molar-refractivity contribution >= 4 is 32.7 Å². The number of aromatic amines is 1. The molecule has 0 saturated heterocycles. The van der Waals surface area contributed by atoms with Crippen LogP contribution >= 0.6 is 11.3 Å². The highest BCUT2D eigenvalue weighted by atomic mass is 32.1. The summed E-state index contributed by atoms with van der Waals surface area (Å²) in [6.07, 6.45) is 0. The topological polar surface area (TPSA) is 85.6 Å². The third-order valence-corrected chi connectivity index (χ3v) is 4.84. The van der Waals surface area contributed by atoms with E-state index in [2.05, 4.69) is 15.0 Å². The molecule has 0 radical (unpaired) electrons. The normalized spacial score (nSPS) is 11.6. The number of fused-ring (bicyclic) bond motifs is 2. The molecule has 0 saturated carbocycles. The number of H-pyrrole nitrogens is 1. The summed E-state index contributed by atoms with van der Waals surface area (Å²) >= 11 is 1.51. The van der Waals surface area contributed by atoms with Crippen LogP contribution < -0.4 is 11.2 Å². The number of rotatable bonds is 2. The van der Waals surface area contributed by atoms with Gasteiger partial charge in [0.05, 0.1) is 10.2 Å². The molecule has 0 amide bonds. The largest absolute Gasteiger partial charge is 0.329 e. The van der Waals surface area contributed by atoms with Crippen LogP contribution in [0.1, 0.15) is 6.92 Å². The zero-order chi connectivity index (χ0) is 16.1. The van der Waals surface area contributed by atoms with Crippen molar-refractivity contribution in [2.45, 2.75) is 13.5 Å². The third kappa shape index (κ3) is 1.95.